The van der Waals surface area contributed by atoms with Gasteiger partial charge in [0, 0.05) is 42.8 Å². The van der Waals surface area contributed by atoms with E-state index in [1.807, 2.05) is 12.3 Å². The molecule has 0 saturated heterocycles. The summed E-state index contributed by atoms with van der Waals surface area (Å²) in [4.78, 5) is 9.50. The molecule has 0 unspecified atom stereocenters. The Hall–Kier alpha value is -3.33. The van der Waals surface area contributed by atoms with Crippen molar-refractivity contribution in [1.82, 2.24) is 9.88 Å². The lowest BCUT2D eigenvalue weighted by Gasteiger charge is -2.28. The molecule has 0 atom stereocenters. The van der Waals surface area contributed by atoms with Gasteiger partial charge in [0.25, 0.3) is 0 Å². The maximum absolute atomic E-state index is 4.58. The summed E-state index contributed by atoms with van der Waals surface area (Å²) in [5.74, 6) is 0. The SMILES string of the molecule is CN1C=C2C=C(c3ccccc3)CN2c2cc(-c3ccccn3)ccc2C12CC2. The third-order valence-electron chi connectivity index (χ3n) is 6.58. The molecule has 2 aromatic carbocycles. The number of rotatable bonds is 2. The number of allylic oxidation sites excluding steroid dienone is 1. The van der Waals surface area contributed by atoms with Crippen LogP contribution in [-0.2, 0) is 5.54 Å². The predicted octanol–water partition coefficient (Wildman–Crippen LogP) is 5.43. The Morgan fingerprint density at radius 1 is 0.897 bits per heavy atom. The topological polar surface area (TPSA) is 19.4 Å². The normalized spacial score (nSPS) is 18.7. The van der Waals surface area contributed by atoms with Crippen LogP contribution in [0.15, 0.2) is 90.9 Å². The number of nitrogens with zero attached hydrogens (tertiary/aromatic N) is 3. The number of benzene rings is 2. The van der Waals surface area contributed by atoms with E-state index in [-0.39, 0.29) is 5.54 Å². The lowest BCUT2D eigenvalue weighted by Crippen LogP contribution is -2.26. The van der Waals surface area contributed by atoms with Gasteiger partial charge in [-0.2, -0.15) is 0 Å². The fraction of sp³-hybridized carbons (Fsp3) is 0.192. The minimum absolute atomic E-state index is 0.149. The molecule has 2 aliphatic heterocycles. The molecule has 3 heteroatoms. The zero-order chi connectivity index (χ0) is 19.4. The van der Waals surface area contributed by atoms with Gasteiger partial charge in [-0.1, -0.05) is 48.5 Å². The van der Waals surface area contributed by atoms with Crippen LogP contribution in [0.4, 0.5) is 5.69 Å². The van der Waals surface area contributed by atoms with Gasteiger partial charge in [-0.05, 0) is 48.3 Å². The van der Waals surface area contributed by atoms with Crippen LogP contribution in [0, 0.1) is 0 Å². The lowest BCUT2D eigenvalue weighted by atomic mass is 9.97. The molecule has 1 fully saturated rings. The van der Waals surface area contributed by atoms with E-state index >= 15 is 0 Å². The van der Waals surface area contributed by atoms with Crippen LogP contribution in [0.2, 0.25) is 0 Å². The fourth-order valence-electron chi connectivity index (χ4n) is 4.82. The Labute approximate surface area is 171 Å². The molecule has 0 radical (unpaired) electrons. The summed E-state index contributed by atoms with van der Waals surface area (Å²) < 4.78 is 0. The van der Waals surface area contributed by atoms with Gasteiger partial charge in [-0.15, -0.1) is 0 Å². The molecule has 1 aliphatic carbocycles. The maximum Gasteiger partial charge on any atom is 0.0702 e. The summed E-state index contributed by atoms with van der Waals surface area (Å²) >= 11 is 0. The Balaban J connectivity index is 1.50. The van der Waals surface area contributed by atoms with Gasteiger partial charge in [0.1, 0.15) is 0 Å². The van der Waals surface area contributed by atoms with Crippen molar-refractivity contribution < 1.29 is 0 Å². The predicted molar refractivity (Wildman–Crippen MR) is 118 cm³/mol. The van der Waals surface area contributed by atoms with E-state index in [4.69, 9.17) is 0 Å². The van der Waals surface area contributed by atoms with E-state index in [1.54, 1.807) is 0 Å². The first-order valence-electron chi connectivity index (χ1n) is 10.3. The quantitative estimate of drug-likeness (QED) is 0.594. The van der Waals surface area contributed by atoms with Crippen molar-refractivity contribution in [3.8, 4) is 11.3 Å². The van der Waals surface area contributed by atoms with E-state index < -0.39 is 0 Å². The van der Waals surface area contributed by atoms with E-state index in [0.717, 1.165) is 12.2 Å². The fourth-order valence-corrected chi connectivity index (χ4v) is 4.82. The Morgan fingerprint density at radius 2 is 1.72 bits per heavy atom. The van der Waals surface area contributed by atoms with Crippen LogP contribution in [-0.4, -0.2) is 23.5 Å². The summed E-state index contributed by atoms with van der Waals surface area (Å²) in [6.45, 7) is 0.901. The molecular formula is C26H23N3. The minimum atomic E-state index is 0.149. The van der Waals surface area contributed by atoms with Crippen LogP contribution < -0.4 is 4.90 Å². The van der Waals surface area contributed by atoms with Crippen molar-refractivity contribution in [3.63, 3.8) is 0 Å². The third kappa shape index (κ3) is 2.54. The van der Waals surface area contributed by atoms with Gasteiger partial charge in [-0.25, -0.2) is 0 Å². The highest BCUT2D eigenvalue weighted by atomic mass is 15.3. The summed E-state index contributed by atoms with van der Waals surface area (Å²) in [6, 6.07) is 23.7. The average Bonchev–Trinajstić information content (AvgIpc) is 3.50. The molecule has 3 nitrogen and oxygen atoms in total. The number of aromatic nitrogens is 1. The summed E-state index contributed by atoms with van der Waals surface area (Å²) in [7, 11) is 2.23. The minimum Gasteiger partial charge on any atom is -0.369 e. The van der Waals surface area contributed by atoms with E-state index in [0.29, 0.717) is 0 Å². The molecule has 0 bridgehead atoms. The first-order valence-corrected chi connectivity index (χ1v) is 10.3. The molecule has 6 rings (SSSR count). The number of anilines is 1. The summed E-state index contributed by atoms with van der Waals surface area (Å²) in [6.07, 6.45) is 8.99. The number of fused-ring (bicyclic) bond motifs is 4. The zero-order valence-corrected chi connectivity index (χ0v) is 16.5. The molecular weight excluding hydrogens is 354 g/mol. The molecule has 0 N–H and O–H groups in total. The van der Waals surface area contributed by atoms with Crippen molar-refractivity contribution in [1.29, 1.82) is 0 Å². The highest BCUT2D eigenvalue weighted by Crippen LogP contribution is 2.56. The van der Waals surface area contributed by atoms with Crippen molar-refractivity contribution in [2.75, 3.05) is 18.5 Å². The molecule has 1 aromatic heterocycles. The smallest absolute Gasteiger partial charge is 0.0702 e. The molecule has 1 spiro atoms. The molecule has 3 aliphatic rings. The Bertz CT molecular complexity index is 1140. The number of hydrogen-bond acceptors (Lipinski definition) is 3. The Kier molecular flexibility index (Phi) is 3.48. The second-order valence-electron chi connectivity index (χ2n) is 8.27. The van der Waals surface area contributed by atoms with Gasteiger partial charge in [0.05, 0.1) is 16.9 Å². The van der Waals surface area contributed by atoms with Crippen LogP contribution in [0.3, 0.4) is 0 Å². The third-order valence-corrected chi connectivity index (χ3v) is 6.58. The van der Waals surface area contributed by atoms with E-state index in [2.05, 4.69) is 94.8 Å². The largest absolute Gasteiger partial charge is 0.369 e. The lowest BCUT2D eigenvalue weighted by molar-refractivity contribution is 0.315. The van der Waals surface area contributed by atoms with Crippen LogP contribution in [0.1, 0.15) is 24.0 Å². The van der Waals surface area contributed by atoms with Crippen molar-refractivity contribution in [2.24, 2.45) is 0 Å². The van der Waals surface area contributed by atoms with E-state index in [1.165, 1.54) is 46.5 Å². The summed E-state index contributed by atoms with van der Waals surface area (Å²) in [5, 5.41) is 0. The molecule has 29 heavy (non-hydrogen) atoms. The van der Waals surface area contributed by atoms with E-state index in [9.17, 15) is 0 Å². The van der Waals surface area contributed by atoms with Crippen molar-refractivity contribution in [3.05, 3.63) is 102 Å². The summed E-state index contributed by atoms with van der Waals surface area (Å²) in [5.41, 5.74) is 9.05. The first kappa shape index (κ1) is 16.6. The van der Waals surface area contributed by atoms with Crippen molar-refractivity contribution in [2.45, 2.75) is 18.4 Å². The van der Waals surface area contributed by atoms with Crippen LogP contribution in [0.25, 0.3) is 16.8 Å². The van der Waals surface area contributed by atoms with Gasteiger partial charge in [0.15, 0.2) is 0 Å². The highest BCUT2D eigenvalue weighted by molar-refractivity contribution is 5.83. The molecule has 1 saturated carbocycles. The highest BCUT2D eigenvalue weighted by Gasteiger charge is 2.50. The standard InChI is InChI=1S/C26H23N3/c1-28-18-22-15-21(19-7-3-2-4-8-19)17-29(22)25-16-20(24-9-5-6-14-27-24)10-11-23(25)26(28)12-13-26/h2-11,14-16,18H,12-13,17H2,1H3. The number of pyridine rings is 1. The zero-order valence-electron chi connectivity index (χ0n) is 16.5. The molecule has 3 heterocycles. The van der Waals surface area contributed by atoms with Crippen LogP contribution >= 0.6 is 0 Å². The monoisotopic (exact) mass is 377 g/mol. The van der Waals surface area contributed by atoms with Crippen LogP contribution in [0.5, 0.6) is 0 Å². The average molecular weight is 377 g/mol. The molecule has 3 aromatic rings. The molecule has 142 valence electrons. The second-order valence-corrected chi connectivity index (χ2v) is 8.27. The molecule has 0 amide bonds. The van der Waals surface area contributed by atoms with Gasteiger partial charge < -0.3 is 9.80 Å². The van der Waals surface area contributed by atoms with Crippen molar-refractivity contribution >= 4 is 11.3 Å². The second kappa shape index (κ2) is 6.08. The first-order chi connectivity index (χ1) is 14.2. The maximum atomic E-state index is 4.58. The van der Waals surface area contributed by atoms with Gasteiger partial charge >= 0.3 is 0 Å². The van der Waals surface area contributed by atoms with Gasteiger partial charge in [-0.3, -0.25) is 4.98 Å². The number of hydrogen-bond donors (Lipinski definition) is 0. The van der Waals surface area contributed by atoms with Gasteiger partial charge in [0.2, 0.25) is 0 Å². The Morgan fingerprint density at radius 3 is 2.48 bits per heavy atom.